The first kappa shape index (κ1) is 20.6. The molecule has 1 aromatic heterocycles. The molecule has 1 aliphatic rings. The van der Waals surface area contributed by atoms with E-state index < -0.39 is 5.97 Å². The monoisotopic (exact) mass is 443 g/mol. The normalized spacial score (nSPS) is 12.4. The summed E-state index contributed by atoms with van der Waals surface area (Å²) in [7, 11) is 0. The van der Waals surface area contributed by atoms with Gasteiger partial charge >= 0.3 is 5.97 Å². The van der Waals surface area contributed by atoms with Crippen LogP contribution in [-0.4, -0.2) is 29.4 Å². The Hall–Kier alpha value is -4.26. The average Bonchev–Trinajstić information content (AvgIpc) is 3.33. The van der Waals surface area contributed by atoms with Crippen molar-refractivity contribution in [1.82, 2.24) is 5.16 Å². The lowest BCUT2D eigenvalue weighted by molar-refractivity contribution is 0.0651. The molecular weight excluding hydrogens is 422 g/mol. The Morgan fingerprint density at radius 3 is 2.36 bits per heavy atom. The van der Waals surface area contributed by atoms with Crippen LogP contribution in [0.2, 0.25) is 0 Å². The highest BCUT2D eigenvalue weighted by Gasteiger charge is 2.15. The number of carboxylic acids is 1. The van der Waals surface area contributed by atoms with Crippen molar-refractivity contribution < 1.29 is 28.6 Å². The van der Waals surface area contributed by atoms with Gasteiger partial charge in [-0.1, -0.05) is 48.5 Å². The van der Waals surface area contributed by atoms with Crippen molar-refractivity contribution in [2.75, 3.05) is 13.2 Å². The third kappa shape index (κ3) is 4.25. The number of ether oxygens (including phenoxy) is 3. The van der Waals surface area contributed by atoms with E-state index in [9.17, 15) is 4.79 Å². The van der Waals surface area contributed by atoms with Gasteiger partial charge in [-0.2, -0.15) is 0 Å². The van der Waals surface area contributed by atoms with Gasteiger partial charge in [0.15, 0.2) is 11.5 Å². The van der Waals surface area contributed by atoms with Crippen molar-refractivity contribution in [2.24, 2.45) is 0 Å². The molecule has 0 bridgehead atoms. The maximum absolute atomic E-state index is 10.9. The number of rotatable bonds is 6. The summed E-state index contributed by atoms with van der Waals surface area (Å²) < 4.78 is 21.6. The average molecular weight is 443 g/mol. The summed E-state index contributed by atoms with van der Waals surface area (Å²) in [5, 5.41) is 12.5. The second-order valence-electron chi connectivity index (χ2n) is 7.66. The number of fused-ring (bicyclic) bond motifs is 1. The number of carboxylic acid groups (broad SMARTS) is 1. The van der Waals surface area contributed by atoms with Gasteiger partial charge in [-0.3, -0.25) is 0 Å². The number of aromatic carboxylic acids is 1. The third-order valence-corrected chi connectivity index (χ3v) is 5.54. The maximum Gasteiger partial charge on any atom is 0.374 e. The zero-order valence-electron chi connectivity index (χ0n) is 17.9. The van der Waals surface area contributed by atoms with Gasteiger partial charge in [-0.05, 0) is 57.6 Å². The van der Waals surface area contributed by atoms with Crippen molar-refractivity contribution in [3.05, 3.63) is 83.6 Å². The number of hydrogen-bond acceptors (Lipinski definition) is 6. The lowest BCUT2D eigenvalue weighted by Crippen LogP contribution is -2.15. The molecular formula is C26H21NO6. The number of nitrogens with zero attached hydrogens (tertiary/aromatic N) is 1. The van der Waals surface area contributed by atoms with Crippen molar-refractivity contribution in [2.45, 2.75) is 13.5 Å². The molecule has 2 heterocycles. The molecule has 0 fully saturated rings. The van der Waals surface area contributed by atoms with Gasteiger partial charge in [-0.15, -0.1) is 0 Å². The van der Waals surface area contributed by atoms with E-state index in [-0.39, 0.29) is 18.2 Å². The van der Waals surface area contributed by atoms with Crippen molar-refractivity contribution in [3.8, 4) is 39.6 Å². The first-order valence-corrected chi connectivity index (χ1v) is 10.5. The molecule has 166 valence electrons. The first-order valence-electron chi connectivity index (χ1n) is 10.5. The summed E-state index contributed by atoms with van der Waals surface area (Å²) in [6, 6.07) is 21.6. The van der Waals surface area contributed by atoms with E-state index in [4.69, 9.17) is 23.8 Å². The zero-order valence-corrected chi connectivity index (χ0v) is 17.9. The Labute approximate surface area is 190 Å². The smallest absolute Gasteiger partial charge is 0.374 e. The standard InChI is InChI=1S/C26H21NO6/c1-16-20(3-2-4-21(16)19-9-10-22-23(13-19)31-12-11-30-22)18-7-5-17(6-8-18)15-32-25-14-24(26(28)29)33-27-25/h2-10,13-14H,11-12,15H2,1H3,(H,28,29). The number of carbonyl (C=O) groups is 1. The zero-order chi connectivity index (χ0) is 22.8. The minimum Gasteiger partial charge on any atom is -0.486 e. The molecule has 7 nitrogen and oxygen atoms in total. The van der Waals surface area contributed by atoms with E-state index in [1.54, 1.807) is 0 Å². The molecule has 0 amide bonds. The summed E-state index contributed by atoms with van der Waals surface area (Å²) in [6.45, 7) is 3.50. The Bertz CT molecular complexity index is 1310. The quantitative estimate of drug-likeness (QED) is 0.429. The van der Waals surface area contributed by atoms with Crippen LogP contribution in [0.5, 0.6) is 17.4 Å². The van der Waals surface area contributed by atoms with Crippen LogP contribution in [0.4, 0.5) is 0 Å². The van der Waals surface area contributed by atoms with E-state index in [1.807, 2.05) is 36.4 Å². The topological polar surface area (TPSA) is 91.0 Å². The highest BCUT2D eigenvalue weighted by molar-refractivity contribution is 5.84. The first-order chi connectivity index (χ1) is 16.1. The van der Waals surface area contributed by atoms with E-state index >= 15 is 0 Å². The van der Waals surface area contributed by atoms with Crippen LogP contribution in [0, 0.1) is 6.92 Å². The van der Waals surface area contributed by atoms with Gasteiger partial charge in [0.05, 0.1) is 6.07 Å². The molecule has 0 radical (unpaired) electrons. The number of aromatic nitrogens is 1. The SMILES string of the molecule is Cc1c(-c2ccc(COc3cc(C(=O)O)on3)cc2)cccc1-c1ccc2c(c1)OCCO2. The fourth-order valence-electron chi connectivity index (χ4n) is 3.84. The summed E-state index contributed by atoms with van der Waals surface area (Å²) in [4.78, 5) is 10.9. The lowest BCUT2D eigenvalue weighted by Gasteiger charge is -2.19. The summed E-state index contributed by atoms with van der Waals surface area (Å²) in [5.41, 5.74) is 6.54. The molecule has 3 aromatic carbocycles. The van der Waals surface area contributed by atoms with Gasteiger partial charge in [0.1, 0.15) is 19.8 Å². The van der Waals surface area contributed by atoms with Gasteiger partial charge in [0.2, 0.25) is 5.76 Å². The lowest BCUT2D eigenvalue weighted by atomic mass is 9.92. The van der Waals surface area contributed by atoms with Crippen LogP contribution in [0.1, 0.15) is 21.7 Å². The molecule has 5 rings (SSSR count). The molecule has 33 heavy (non-hydrogen) atoms. The largest absolute Gasteiger partial charge is 0.486 e. The van der Waals surface area contributed by atoms with Crippen LogP contribution in [0.25, 0.3) is 22.3 Å². The van der Waals surface area contributed by atoms with Gasteiger partial charge in [0, 0.05) is 0 Å². The Kier molecular flexibility index (Phi) is 5.44. The molecule has 1 aliphatic heterocycles. The van der Waals surface area contributed by atoms with Gasteiger partial charge in [0.25, 0.3) is 5.88 Å². The highest BCUT2D eigenvalue weighted by atomic mass is 16.6. The van der Waals surface area contributed by atoms with Crippen molar-refractivity contribution >= 4 is 5.97 Å². The number of benzene rings is 3. The van der Waals surface area contributed by atoms with Crippen molar-refractivity contribution in [1.29, 1.82) is 0 Å². The van der Waals surface area contributed by atoms with Crippen LogP contribution < -0.4 is 14.2 Å². The Morgan fingerprint density at radius 1 is 0.939 bits per heavy atom. The molecule has 0 atom stereocenters. The summed E-state index contributed by atoms with van der Waals surface area (Å²) in [5.74, 6) is 0.251. The molecule has 4 aromatic rings. The minimum atomic E-state index is -1.18. The van der Waals surface area contributed by atoms with Gasteiger partial charge in [-0.25, -0.2) is 4.79 Å². The van der Waals surface area contributed by atoms with E-state index in [2.05, 4.69) is 36.3 Å². The van der Waals surface area contributed by atoms with E-state index in [0.717, 1.165) is 39.3 Å². The second kappa shape index (κ2) is 8.70. The van der Waals surface area contributed by atoms with E-state index in [0.29, 0.717) is 13.2 Å². The molecule has 7 heteroatoms. The fraction of sp³-hybridized carbons (Fsp3) is 0.154. The van der Waals surface area contributed by atoms with Crippen LogP contribution in [0.15, 0.2) is 71.3 Å². The Balaban J connectivity index is 1.35. The van der Waals surface area contributed by atoms with Crippen LogP contribution in [-0.2, 0) is 6.61 Å². The predicted molar refractivity (Wildman–Crippen MR) is 121 cm³/mol. The fourth-order valence-corrected chi connectivity index (χ4v) is 3.84. The van der Waals surface area contributed by atoms with Gasteiger partial charge < -0.3 is 23.8 Å². The number of hydrogen-bond donors (Lipinski definition) is 1. The summed E-state index contributed by atoms with van der Waals surface area (Å²) in [6.07, 6.45) is 0. The molecule has 0 spiro atoms. The second-order valence-corrected chi connectivity index (χ2v) is 7.66. The van der Waals surface area contributed by atoms with Crippen LogP contribution >= 0.6 is 0 Å². The third-order valence-electron chi connectivity index (χ3n) is 5.54. The van der Waals surface area contributed by atoms with E-state index in [1.165, 1.54) is 11.6 Å². The predicted octanol–water partition coefficient (Wildman–Crippen LogP) is 5.37. The minimum absolute atomic E-state index is 0.138. The molecule has 0 saturated carbocycles. The summed E-state index contributed by atoms with van der Waals surface area (Å²) >= 11 is 0. The highest BCUT2D eigenvalue weighted by Crippen LogP contribution is 2.37. The van der Waals surface area contributed by atoms with Crippen molar-refractivity contribution in [3.63, 3.8) is 0 Å². The molecule has 0 aliphatic carbocycles. The Morgan fingerprint density at radius 2 is 1.64 bits per heavy atom. The molecule has 0 saturated heterocycles. The molecule has 0 unspecified atom stereocenters. The molecule has 1 N–H and O–H groups in total. The van der Waals surface area contributed by atoms with Crippen LogP contribution in [0.3, 0.4) is 0 Å². The maximum atomic E-state index is 10.9.